The van der Waals surface area contributed by atoms with Crippen molar-refractivity contribution in [3.8, 4) is 5.75 Å². The molecule has 1 saturated carbocycles. The first-order valence-electron chi connectivity index (χ1n) is 8.00. The Hall–Kier alpha value is -1.06. The first-order chi connectivity index (χ1) is 9.77. The number of hydrogen-bond donors (Lipinski definition) is 3. The van der Waals surface area contributed by atoms with E-state index in [1.165, 1.54) is 12.8 Å². The van der Waals surface area contributed by atoms with Crippen molar-refractivity contribution >= 4 is 0 Å². The molecule has 0 bridgehead atoms. The predicted octanol–water partition coefficient (Wildman–Crippen LogP) is 3.62. The fourth-order valence-electron chi connectivity index (χ4n) is 3.90. The quantitative estimate of drug-likeness (QED) is 0.794. The van der Waals surface area contributed by atoms with Gasteiger partial charge in [-0.25, -0.2) is 0 Å². The number of rotatable bonds is 4. The van der Waals surface area contributed by atoms with E-state index in [0.717, 1.165) is 17.9 Å². The molecule has 0 saturated heterocycles. The fourth-order valence-corrected chi connectivity index (χ4v) is 3.90. The Labute approximate surface area is 128 Å². The van der Waals surface area contributed by atoms with Crippen LogP contribution < -0.4 is 5.32 Å². The number of hydrogen-bond acceptors (Lipinski definition) is 3. The van der Waals surface area contributed by atoms with Gasteiger partial charge in [-0.2, -0.15) is 0 Å². The van der Waals surface area contributed by atoms with Gasteiger partial charge < -0.3 is 15.5 Å². The van der Waals surface area contributed by atoms with Crippen LogP contribution in [-0.4, -0.2) is 22.3 Å². The highest BCUT2D eigenvalue weighted by molar-refractivity contribution is 5.27. The summed E-state index contributed by atoms with van der Waals surface area (Å²) >= 11 is 0. The zero-order chi connectivity index (χ0) is 15.6. The van der Waals surface area contributed by atoms with Crippen LogP contribution in [0.4, 0.5) is 0 Å². The Morgan fingerprint density at radius 1 is 1.19 bits per heavy atom. The molecular formula is C18H29NO2. The number of aliphatic hydroxyl groups is 1. The van der Waals surface area contributed by atoms with E-state index in [-0.39, 0.29) is 11.8 Å². The molecule has 4 atom stereocenters. The van der Waals surface area contributed by atoms with Crippen LogP contribution in [0, 0.1) is 11.3 Å². The van der Waals surface area contributed by atoms with Crippen LogP contribution in [0.1, 0.15) is 58.6 Å². The van der Waals surface area contributed by atoms with Crippen molar-refractivity contribution in [3.05, 3.63) is 29.8 Å². The highest BCUT2D eigenvalue weighted by Crippen LogP contribution is 2.38. The van der Waals surface area contributed by atoms with E-state index in [1.54, 1.807) is 24.3 Å². The summed E-state index contributed by atoms with van der Waals surface area (Å²) in [6.07, 6.45) is 3.06. The van der Waals surface area contributed by atoms with Gasteiger partial charge in [-0.3, -0.25) is 0 Å². The minimum Gasteiger partial charge on any atom is -0.508 e. The van der Waals surface area contributed by atoms with Crippen molar-refractivity contribution in [1.29, 1.82) is 0 Å². The van der Waals surface area contributed by atoms with Gasteiger partial charge in [0.1, 0.15) is 5.75 Å². The fraction of sp³-hybridized carbons (Fsp3) is 0.667. The average Bonchev–Trinajstić information content (AvgIpc) is 2.36. The molecule has 0 aromatic heterocycles. The molecule has 1 aromatic carbocycles. The first kappa shape index (κ1) is 16.3. The Morgan fingerprint density at radius 3 is 2.38 bits per heavy atom. The molecule has 1 aromatic rings. The normalized spacial score (nSPS) is 28.0. The van der Waals surface area contributed by atoms with E-state index >= 15 is 0 Å². The number of nitrogens with one attached hydrogen (secondary N) is 1. The molecule has 3 nitrogen and oxygen atoms in total. The van der Waals surface area contributed by atoms with Gasteiger partial charge in [0.05, 0.1) is 6.10 Å². The lowest BCUT2D eigenvalue weighted by molar-refractivity contribution is 0.0978. The predicted molar refractivity (Wildman–Crippen MR) is 86.2 cm³/mol. The molecule has 4 unspecified atom stereocenters. The van der Waals surface area contributed by atoms with Crippen LogP contribution >= 0.6 is 0 Å². The number of benzene rings is 1. The standard InChI is InChI=1S/C18H29NO2/c1-12-9-15(11-18(3,4)10-12)19-13(2)17(21)14-5-7-16(20)8-6-14/h5-8,12-13,15,17,19-21H,9-11H2,1-4H3. The van der Waals surface area contributed by atoms with Crippen LogP contribution in [0.3, 0.4) is 0 Å². The minimum atomic E-state index is -0.550. The van der Waals surface area contributed by atoms with Crippen molar-refractivity contribution in [2.45, 2.75) is 65.1 Å². The van der Waals surface area contributed by atoms with E-state index in [0.29, 0.717) is 11.5 Å². The Balaban J connectivity index is 1.97. The smallest absolute Gasteiger partial charge is 0.115 e. The zero-order valence-corrected chi connectivity index (χ0v) is 13.6. The summed E-state index contributed by atoms with van der Waals surface area (Å²) in [5.74, 6) is 0.957. The topological polar surface area (TPSA) is 52.5 Å². The second kappa shape index (κ2) is 6.37. The third kappa shape index (κ3) is 4.45. The molecule has 0 spiro atoms. The molecule has 0 radical (unpaired) electrons. The molecule has 1 aliphatic rings. The number of aromatic hydroxyl groups is 1. The highest BCUT2D eigenvalue weighted by Gasteiger charge is 2.33. The lowest BCUT2D eigenvalue weighted by Crippen LogP contribution is -2.45. The SMILES string of the molecule is CC1CC(NC(C)C(O)c2ccc(O)cc2)CC(C)(C)C1. The van der Waals surface area contributed by atoms with E-state index in [9.17, 15) is 10.2 Å². The molecule has 21 heavy (non-hydrogen) atoms. The van der Waals surface area contributed by atoms with Gasteiger partial charge in [-0.15, -0.1) is 0 Å². The maximum Gasteiger partial charge on any atom is 0.115 e. The molecule has 1 fully saturated rings. The lowest BCUT2D eigenvalue weighted by atomic mass is 9.70. The van der Waals surface area contributed by atoms with Crippen molar-refractivity contribution in [2.75, 3.05) is 0 Å². The molecule has 0 amide bonds. The minimum absolute atomic E-state index is 0.000595. The van der Waals surface area contributed by atoms with Crippen LogP contribution in [-0.2, 0) is 0 Å². The third-order valence-electron chi connectivity index (χ3n) is 4.59. The van der Waals surface area contributed by atoms with Gasteiger partial charge in [-0.1, -0.05) is 32.9 Å². The summed E-state index contributed by atoms with van der Waals surface area (Å²) in [7, 11) is 0. The van der Waals surface area contributed by atoms with Crippen molar-refractivity contribution in [2.24, 2.45) is 11.3 Å². The second-order valence-corrected chi connectivity index (χ2v) is 7.60. The van der Waals surface area contributed by atoms with Crippen LogP contribution in [0.2, 0.25) is 0 Å². The molecule has 118 valence electrons. The van der Waals surface area contributed by atoms with Gasteiger partial charge in [0.25, 0.3) is 0 Å². The van der Waals surface area contributed by atoms with Gasteiger partial charge >= 0.3 is 0 Å². The molecule has 0 aliphatic heterocycles. The van der Waals surface area contributed by atoms with Crippen molar-refractivity contribution in [3.63, 3.8) is 0 Å². The van der Waals surface area contributed by atoms with Crippen molar-refractivity contribution < 1.29 is 10.2 Å². The molecule has 3 heteroatoms. The van der Waals surface area contributed by atoms with E-state index in [2.05, 4.69) is 26.1 Å². The molecule has 3 N–H and O–H groups in total. The third-order valence-corrected chi connectivity index (χ3v) is 4.59. The summed E-state index contributed by atoms with van der Waals surface area (Å²) in [5.41, 5.74) is 1.22. The zero-order valence-electron chi connectivity index (χ0n) is 13.6. The molecule has 2 rings (SSSR count). The first-order valence-corrected chi connectivity index (χ1v) is 8.00. The summed E-state index contributed by atoms with van der Waals surface area (Å²) < 4.78 is 0. The number of phenolic OH excluding ortho intramolecular Hbond substituents is 1. The number of aliphatic hydroxyl groups excluding tert-OH is 1. The van der Waals surface area contributed by atoms with Gasteiger partial charge in [0.15, 0.2) is 0 Å². The Bertz CT molecular complexity index is 455. The van der Waals surface area contributed by atoms with Gasteiger partial charge in [0, 0.05) is 12.1 Å². The second-order valence-electron chi connectivity index (χ2n) is 7.60. The summed E-state index contributed by atoms with van der Waals surface area (Å²) in [6, 6.07) is 7.27. The van der Waals surface area contributed by atoms with Gasteiger partial charge in [0.2, 0.25) is 0 Å². The molecular weight excluding hydrogens is 262 g/mol. The summed E-state index contributed by atoms with van der Waals surface area (Å²) in [5, 5.41) is 23.4. The van der Waals surface area contributed by atoms with Gasteiger partial charge in [-0.05, 0) is 55.2 Å². The Morgan fingerprint density at radius 2 is 1.81 bits per heavy atom. The monoisotopic (exact) mass is 291 g/mol. The summed E-state index contributed by atoms with van der Waals surface area (Å²) in [6.45, 7) is 9.01. The maximum atomic E-state index is 10.5. The number of phenols is 1. The maximum absolute atomic E-state index is 10.5. The summed E-state index contributed by atoms with van der Waals surface area (Å²) in [4.78, 5) is 0. The van der Waals surface area contributed by atoms with Crippen LogP contribution in [0.25, 0.3) is 0 Å². The van der Waals surface area contributed by atoms with Crippen molar-refractivity contribution in [1.82, 2.24) is 5.32 Å². The van der Waals surface area contributed by atoms with Crippen LogP contribution in [0.5, 0.6) is 5.75 Å². The largest absolute Gasteiger partial charge is 0.508 e. The lowest BCUT2D eigenvalue weighted by Gasteiger charge is -2.41. The highest BCUT2D eigenvalue weighted by atomic mass is 16.3. The van der Waals surface area contributed by atoms with E-state index in [4.69, 9.17) is 0 Å². The molecule has 0 heterocycles. The average molecular weight is 291 g/mol. The van der Waals surface area contributed by atoms with E-state index in [1.807, 2.05) is 6.92 Å². The Kier molecular flexibility index (Phi) is 4.95. The van der Waals surface area contributed by atoms with E-state index < -0.39 is 6.10 Å². The van der Waals surface area contributed by atoms with Crippen LogP contribution in [0.15, 0.2) is 24.3 Å². The molecule has 1 aliphatic carbocycles.